The zero-order valence-electron chi connectivity index (χ0n) is 8.80. The smallest absolute Gasteiger partial charge is 0.391 e. The van der Waals surface area contributed by atoms with Crippen LogP contribution >= 0.6 is 11.7 Å². The first-order chi connectivity index (χ1) is 7.33. The van der Waals surface area contributed by atoms with Crippen LogP contribution in [0.25, 0.3) is 11.3 Å². The molecule has 2 rings (SSSR count). The van der Waals surface area contributed by atoms with E-state index in [1.54, 1.807) is 0 Å². The number of hydrogen-bond donors (Lipinski definition) is 0. The standard InChI is InChI=1S/C11H13N2OS/c1-3-14-11-10(13(2)15-12-11)9-7-5-4-6-8-9/h4-8H,3H2,1-2H3/q+1. The van der Waals surface area contributed by atoms with Crippen LogP contribution in [0.2, 0.25) is 0 Å². The first-order valence-electron chi connectivity index (χ1n) is 4.87. The third-order valence-electron chi connectivity index (χ3n) is 2.09. The fraction of sp³-hybridized carbons (Fsp3) is 0.273. The van der Waals surface area contributed by atoms with Crippen LogP contribution < -0.4 is 8.69 Å². The largest absolute Gasteiger partial charge is 0.456 e. The Kier molecular flexibility index (Phi) is 2.97. The second kappa shape index (κ2) is 4.40. The van der Waals surface area contributed by atoms with Gasteiger partial charge >= 0.3 is 5.88 Å². The summed E-state index contributed by atoms with van der Waals surface area (Å²) in [6.07, 6.45) is 0. The van der Waals surface area contributed by atoms with Crippen molar-refractivity contribution < 1.29 is 8.69 Å². The second-order valence-corrected chi connectivity index (χ2v) is 4.02. The van der Waals surface area contributed by atoms with Gasteiger partial charge in [-0.15, -0.1) is 0 Å². The van der Waals surface area contributed by atoms with E-state index in [4.69, 9.17) is 4.74 Å². The Morgan fingerprint density at radius 1 is 1.33 bits per heavy atom. The van der Waals surface area contributed by atoms with Crippen molar-refractivity contribution in [2.45, 2.75) is 6.92 Å². The van der Waals surface area contributed by atoms with E-state index >= 15 is 0 Å². The van der Waals surface area contributed by atoms with Crippen LogP contribution in [0.1, 0.15) is 6.92 Å². The van der Waals surface area contributed by atoms with E-state index in [0.29, 0.717) is 6.61 Å². The number of benzene rings is 1. The SMILES string of the molecule is CCOc1ns[n+](C)c1-c1ccccc1. The van der Waals surface area contributed by atoms with Crippen molar-refractivity contribution in [1.29, 1.82) is 0 Å². The summed E-state index contributed by atoms with van der Waals surface area (Å²) in [5.74, 6) is 0.719. The monoisotopic (exact) mass is 221 g/mol. The van der Waals surface area contributed by atoms with Gasteiger partial charge < -0.3 is 4.74 Å². The molecule has 0 aliphatic rings. The van der Waals surface area contributed by atoms with Crippen molar-refractivity contribution in [1.82, 2.24) is 4.37 Å². The van der Waals surface area contributed by atoms with Crippen LogP contribution in [0.15, 0.2) is 30.3 Å². The molecule has 0 fully saturated rings. The second-order valence-electron chi connectivity index (χ2n) is 3.12. The normalized spacial score (nSPS) is 10.3. The van der Waals surface area contributed by atoms with E-state index in [1.807, 2.05) is 36.1 Å². The van der Waals surface area contributed by atoms with Crippen molar-refractivity contribution in [3.63, 3.8) is 0 Å². The molecule has 2 aromatic rings. The first-order valence-corrected chi connectivity index (χ1v) is 5.60. The third kappa shape index (κ3) is 1.99. The zero-order chi connectivity index (χ0) is 10.7. The molecule has 1 heterocycles. The molecule has 0 spiro atoms. The number of hydrogen-bond acceptors (Lipinski definition) is 3. The number of rotatable bonds is 3. The highest BCUT2D eigenvalue weighted by atomic mass is 32.1. The third-order valence-corrected chi connectivity index (χ3v) is 2.77. The molecule has 0 bridgehead atoms. The minimum Gasteiger partial charge on any atom is -0.456 e. The van der Waals surface area contributed by atoms with Crippen molar-refractivity contribution in [2.24, 2.45) is 7.05 Å². The molecule has 0 aliphatic carbocycles. The Hall–Kier alpha value is -1.42. The maximum atomic E-state index is 5.49. The minimum atomic E-state index is 0.642. The van der Waals surface area contributed by atoms with Gasteiger partial charge in [0.1, 0.15) is 0 Å². The Morgan fingerprint density at radius 3 is 2.73 bits per heavy atom. The predicted molar refractivity (Wildman–Crippen MR) is 59.9 cm³/mol. The lowest BCUT2D eigenvalue weighted by molar-refractivity contribution is -0.589. The molecule has 0 radical (unpaired) electrons. The van der Waals surface area contributed by atoms with Gasteiger partial charge in [-0.3, -0.25) is 0 Å². The fourth-order valence-corrected chi connectivity index (χ4v) is 2.05. The fourth-order valence-electron chi connectivity index (χ4n) is 1.45. The van der Waals surface area contributed by atoms with Crippen molar-refractivity contribution in [2.75, 3.05) is 6.61 Å². The molecular weight excluding hydrogens is 208 g/mol. The molecule has 4 heteroatoms. The van der Waals surface area contributed by atoms with Crippen molar-refractivity contribution in [3.05, 3.63) is 30.3 Å². The molecular formula is C11H13N2OS+. The van der Waals surface area contributed by atoms with Gasteiger partial charge in [-0.05, 0) is 6.92 Å². The Labute approximate surface area is 93.3 Å². The summed E-state index contributed by atoms with van der Waals surface area (Å²) in [5, 5.41) is 0. The summed E-state index contributed by atoms with van der Waals surface area (Å²) in [6, 6.07) is 10.2. The molecule has 0 saturated heterocycles. The lowest BCUT2D eigenvalue weighted by atomic mass is 10.1. The average Bonchev–Trinajstić information content (AvgIpc) is 2.62. The van der Waals surface area contributed by atoms with E-state index in [1.165, 1.54) is 11.7 Å². The van der Waals surface area contributed by atoms with Crippen LogP contribution in [0.3, 0.4) is 0 Å². The topological polar surface area (TPSA) is 26.0 Å². The minimum absolute atomic E-state index is 0.642. The van der Waals surface area contributed by atoms with Gasteiger partial charge in [0.05, 0.1) is 18.0 Å². The van der Waals surface area contributed by atoms with E-state index in [9.17, 15) is 0 Å². The molecule has 0 unspecified atom stereocenters. The molecule has 0 N–H and O–H groups in total. The van der Waals surface area contributed by atoms with Crippen molar-refractivity contribution in [3.8, 4) is 17.1 Å². The Bertz CT molecular complexity index is 439. The number of aryl methyl sites for hydroxylation is 1. The lowest BCUT2D eigenvalue weighted by Crippen LogP contribution is -2.24. The highest BCUT2D eigenvalue weighted by Gasteiger charge is 2.22. The number of ether oxygens (including phenoxy) is 1. The van der Waals surface area contributed by atoms with E-state index < -0.39 is 0 Å². The Morgan fingerprint density at radius 2 is 2.07 bits per heavy atom. The summed E-state index contributed by atoms with van der Waals surface area (Å²) in [6.45, 7) is 2.61. The van der Waals surface area contributed by atoms with Gasteiger partial charge in [0, 0.05) is 5.56 Å². The number of aromatic nitrogens is 2. The quantitative estimate of drug-likeness (QED) is 0.741. The first kappa shape index (κ1) is 10.1. The summed E-state index contributed by atoms with van der Waals surface area (Å²) in [5.41, 5.74) is 2.18. The van der Waals surface area contributed by atoms with Crippen LogP contribution in [0, 0.1) is 0 Å². The molecule has 1 aromatic heterocycles. The average molecular weight is 221 g/mol. The molecule has 1 aromatic carbocycles. The molecule has 0 amide bonds. The molecule has 0 atom stereocenters. The molecule has 0 saturated carbocycles. The van der Waals surface area contributed by atoms with Crippen LogP contribution in [0.5, 0.6) is 5.88 Å². The van der Waals surface area contributed by atoms with Crippen LogP contribution in [-0.2, 0) is 7.05 Å². The molecule has 78 valence electrons. The predicted octanol–water partition coefficient (Wildman–Crippen LogP) is 2.03. The Balaban J connectivity index is 2.47. The summed E-state index contributed by atoms with van der Waals surface area (Å²) in [7, 11) is 1.99. The van der Waals surface area contributed by atoms with Gasteiger partial charge in [-0.2, -0.15) is 3.96 Å². The summed E-state index contributed by atoms with van der Waals surface area (Å²) >= 11 is 1.41. The summed E-state index contributed by atoms with van der Waals surface area (Å²) < 4.78 is 11.8. The van der Waals surface area contributed by atoms with Crippen LogP contribution in [0.4, 0.5) is 0 Å². The van der Waals surface area contributed by atoms with Gasteiger partial charge in [-0.1, -0.05) is 30.3 Å². The van der Waals surface area contributed by atoms with Gasteiger partial charge in [0.25, 0.3) is 11.7 Å². The summed E-state index contributed by atoms with van der Waals surface area (Å²) in [4.78, 5) is 0. The maximum Gasteiger partial charge on any atom is 0.391 e. The van der Waals surface area contributed by atoms with E-state index in [2.05, 4.69) is 16.5 Å². The highest BCUT2D eigenvalue weighted by molar-refractivity contribution is 6.95. The van der Waals surface area contributed by atoms with Gasteiger partial charge in [0.2, 0.25) is 5.69 Å². The molecule has 0 aliphatic heterocycles. The van der Waals surface area contributed by atoms with Gasteiger partial charge in [0.15, 0.2) is 0 Å². The van der Waals surface area contributed by atoms with Crippen LogP contribution in [-0.4, -0.2) is 11.0 Å². The van der Waals surface area contributed by atoms with E-state index in [-0.39, 0.29) is 0 Å². The van der Waals surface area contributed by atoms with Crippen molar-refractivity contribution >= 4 is 11.7 Å². The lowest BCUT2D eigenvalue weighted by Gasteiger charge is -1.98. The van der Waals surface area contributed by atoms with Gasteiger partial charge in [-0.25, -0.2) is 0 Å². The molecule has 15 heavy (non-hydrogen) atoms. The zero-order valence-corrected chi connectivity index (χ0v) is 9.62. The molecule has 3 nitrogen and oxygen atoms in total. The number of nitrogens with zero attached hydrogens (tertiary/aromatic N) is 2. The van der Waals surface area contributed by atoms with E-state index in [0.717, 1.165) is 17.1 Å². The maximum absolute atomic E-state index is 5.49. The highest BCUT2D eigenvalue weighted by Crippen LogP contribution is 2.25.